The molecule has 1 atom stereocenters. The van der Waals surface area contributed by atoms with Gasteiger partial charge >= 0.3 is 5.91 Å². The van der Waals surface area contributed by atoms with Gasteiger partial charge in [-0.05, 0) is 30.7 Å². The second-order valence-corrected chi connectivity index (χ2v) is 8.97. The number of amides is 1. The smallest absolute Gasteiger partial charge is 0.310 e. The molecule has 1 aliphatic rings. The van der Waals surface area contributed by atoms with Gasteiger partial charge in [-0.1, -0.05) is 48.0 Å². The average molecular weight is 423 g/mol. The predicted molar refractivity (Wildman–Crippen MR) is 115 cm³/mol. The summed E-state index contributed by atoms with van der Waals surface area (Å²) < 4.78 is 31.5. The topological polar surface area (TPSA) is 92.0 Å². The zero-order valence-electron chi connectivity index (χ0n) is 16.6. The molecule has 2 aromatic carbocycles. The molecular formula is C22H21N3O4S. The van der Waals surface area contributed by atoms with Gasteiger partial charge in [0.25, 0.3) is 0 Å². The molecule has 0 unspecified atom stereocenters. The van der Waals surface area contributed by atoms with Crippen LogP contribution in [0.5, 0.6) is 0 Å². The number of carbonyl (C=O) groups is 1. The maximum atomic E-state index is 13.1. The van der Waals surface area contributed by atoms with Gasteiger partial charge in [0.2, 0.25) is 10.0 Å². The first-order valence-electron chi connectivity index (χ1n) is 9.40. The van der Waals surface area contributed by atoms with Gasteiger partial charge in [-0.15, -0.1) is 0 Å². The van der Waals surface area contributed by atoms with E-state index in [-0.39, 0.29) is 11.7 Å². The molecule has 154 valence electrons. The molecule has 1 amide bonds. The Morgan fingerprint density at radius 1 is 1.10 bits per heavy atom. The van der Waals surface area contributed by atoms with Crippen molar-refractivity contribution in [3.8, 4) is 0 Å². The minimum absolute atomic E-state index is 0.169. The maximum Gasteiger partial charge on any atom is 0.310 e. The molecule has 4 rings (SSSR count). The van der Waals surface area contributed by atoms with E-state index in [2.05, 4.69) is 9.82 Å². The van der Waals surface area contributed by atoms with Crippen molar-refractivity contribution >= 4 is 27.3 Å². The summed E-state index contributed by atoms with van der Waals surface area (Å²) in [6.07, 6.45) is 2.97. The van der Waals surface area contributed by atoms with Crippen molar-refractivity contribution in [3.63, 3.8) is 0 Å². The van der Waals surface area contributed by atoms with Crippen molar-refractivity contribution in [2.24, 2.45) is 5.10 Å². The van der Waals surface area contributed by atoms with E-state index in [4.69, 9.17) is 4.42 Å². The third-order valence-electron chi connectivity index (χ3n) is 4.85. The second kappa shape index (κ2) is 7.79. The lowest BCUT2D eigenvalue weighted by atomic mass is 9.97. The summed E-state index contributed by atoms with van der Waals surface area (Å²) >= 11 is 0. The first-order valence-corrected chi connectivity index (χ1v) is 11.3. The van der Waals surface area contributed by atoms with Crippen molar-refractivity contribution in [2.75, 3.05) is 11.0 Å². The van der Waals surface area contributed by atoms with Gasteiger partial charge in [-0.25, -0.2) is 13.4 Å². The van der Waals surface area contributed by atoms with Gasteiger partial charge in [-0.2, -0.15) is 5.10 Å². The molecule has 8 heteroatoms. The van der Waals surface area contributed by atoms with Crippen LogP contribution in [-0.2, 0) is 10.0 Å². The predicted octanol–water partition coefficient (Wildman–Crippen LogP) is 3.95. The Balaban J connectivity index is 1.77. The maximum absolute atomic E-state index is 13.1. The first kappa shape index (κ1) is 19.9. The van der Waals surface area contributed by atoms with Crippen LogP contribution in [0.25, 0.3) is 0 Å². The number of hydrogen-bond acceptors (Lipinski definition) is 5. The molecule has 0 aliphatic carbocycles. The number of hydrazone groups is 1. The molecule has 0 radical (unpaired) electrons. The van der Waals surface area contributed by atoms with Gasteiger partial charge in [0.15, 0.2) is 5.76 Å². The summed E-state index contributed by atoms with van der Waals surface area (Å²) in [5.41, 5.74) is 3.86. The summed E-state index contributed by atoms with van der Waals surface area (Å²) in [5.74, 6) is -0.219. The molecule has 30 heavy (non-hydrogen) atoms. The molecule has 0 spiro atoms. The summed E-state index contributed by atoms with van der Waals surface area (Å²) in [6, 6.07) is 17.7. The Bertz CT molecular complexity index is 1200. The molecular weight excluding hydrogens is 402 g/mol. The number of rotatable bonds is 5. The summed E-state index contributed by atoms with van der Waals surface area (Å²) in [7, 11) is -3.49. The molecule has 1 N–H and O–H groups in total. The summed E-state index contributed by atoms with van der Waals surface area (Å²) in [6.45, 7) is 2.00. The normalized spacial score (nSPS) is 16.4. The van der Waals surface area contributed by atoms with Crippen LogP contribution in [0.1, 0.15) is 39.7 Å². The zero-order valence-corrected chi connectivity index (χ0v) is 17.4. The Hall–Kier alpha value is -3.39. The number of nitrogens with zero attached hydrogens (tertiary/aromatic N) is 2. The highest BCUT2D eigenvalue weighted by molar-refractivity contribution is 7.92. The molecule has 1 aliphatic heterocycles. The second-order valence-electron chi connectivity index (χ2n) is 7.22. The summed E-state index contributed by atoms with van der Waals surface area (Å²) in [4.78, 5) is 13.1. The van der Waals surface area contributed by atoms with Crippen LogP contribution in [0, 0.1) is 6.92 Å². The largest absolute Gasteiger partial charge is 0.459 e. The molecule has 0 saturated carbocycles. The number of furan rings is 1. The number of anilines is 1. The van der Waals surface area contributed by atoms with Gasteiger partial charge in [0.05, 0.1) is 30.0 Å². The Morgan fingerprint density at radius 3 is 2.50 bits per heavy atom. The lowest BCUT2D eigenvalue weighted by Crippen LogP contribution is -2.27. The number of hydrogen-bond donors (Lipinski definition) is 1. The van der Waals surface area contributed by atoms with E-state index in [1.165, 1.54) is 11.3 Å². The summed E-state index contributed by atoms with van der Waals surface area (Å²) in [5, 5.41) is 5.97. The monoisotopic (exact) mass is 423 g/mol. The fraction of sp³-hybridized carbons (Fsp3) is 0.182. The number of carbonyl (C=O) groups excluding carboxylic acids is 1. The standard InChI is InChI=1S/C22H21N3O4S/c1-15-9-11-16(12-10-15)19-14-20(25(23-19)22(26)21-8-5-13-29-21)17-6-3-4-7-18(17)24-30(2,27)28/h3-13,20,24H,14H2,1-2H3/t20-/m0/s1. The highest BCUT2D eigenvalue weighted by Crippen LogP contribution is 2.37. The number of aryl methyl sites for hydroxylation is 1. The van der Waals surface area contributed by atoms with E-state index in [9.17, 15) is 13.2 Å². The van der Waals surface area contributed by atoms with Crippen LogP contribution in [0.15, 0.2) is 76.4 Å². The van der Waals surface area contributed by atoms with E-state index >= 15 is 0 Å². The van der Waals surface area contributed by atoms with Crippen LogP contribution < -0.4 is 4.72 Å². The quantitative estimate of drug-likeness (QED) is 0.673. The van der Waals surface area contributed by atoms with E-state index in [1.54, 1.807) is 30.3 Å². The first-order chi connectivity index (χ1) is 14.3. The van der Waals surface area contributed by atoms with E-state index in [0.29, 0.717) is 17.7 Å². The average Bonchev–Trinajstić information content (AvgIpc) is 3.38. The zero-order chi connectivity index (χ0) is 21.3. The van der Waals surface area contributed by atoms with Crippen molar-refractivity contribution in [2.45, 2.75) is 19.4 Å². The molecule has 7 nitrogen and oxygen atoms in total. The van der Waals surface area contributed by atoms with Crippen molar-refractivity contribution in [1.29, 1.82) is 0 Å². The fourth-order valence-electron chi connectivity index (χ4n) is 3.45. The number of benzene rings is 2. The minimum atomic E-state index is -3.49. The molecule has 3 aromatic rings. The SMILES string of the molecule is Cc1ccc(C2=NN(C(=O)c3ccco3)[C@H](c3ccccc3NS(C)(=O)=O)C2)cc1. The van der Waals surface area contributed by atoms with Crippen LogP contribution in [-0.4, -0.2) is 31.3 Å². The number of sulfonamides is 1. The van der Waals surface area contributed by atoms with E-state index in [0.717, 1.165) is 23.1 Å². The molecule has 2 heterocycles. The lowest BCUT2D eigenvalue weighted by molar-refractivity contribution is 0.0679. The van der Waals surface area contributed by atoms with E-state index in [1.807, 2.05) is 37.3 Å². The molecule has 0 fully saturated rings. The highest BCUT2D eigenvalue weighted by atomic mass is 32.2. The third kappa shape index (κ3) is 4.13. The van der Waals surface area contributed by atoms with Crippen LogP contribution in [0.2, 0.25) is 0 Å². The van der Waals surface area contributed by atoms with Crippen molar-refractivity contribution in [1.82, 2.24) is 5.01 Å². The Kier molecular flexibility index (Phi) is 5.17. The van der Waals surface area contributed by atoms with Crippen LogP contribution in [0.4, 0.5) is 5.69 Å². The van der Waals surface area contributed by atoms with Gasteiger partial charge in [-0.3, -0.25) is 9.52 Å². The fourth-order valence-corrected chi connectivity index (χ4v) is 4.04. The Morgan fingerprint density at radius 2 is 1.83 bits per heavy atom. The molecule has 0 bridgehead atoms. The molecule has 0 saturated heterocycles. The van der Waals surface area contributed by atoms with Crippen molar-refractivity contribution < 1.29 is 17.6 Å². The third-order valence-corrected chi connectivity index (χ3v) is 5.44. The Labute approximate surface area is 175 Å². The number of para-hydroxylation sites is 1. The van der Waals surface area contributed by atoms with E-state index < -0.39 is 16.1 Å². The molecule has 1 aromatic heterocycles. The minimum Gasteiger partial charge on any atom is -0.459 e. The van der Waals surface area contributed by atoms with Crippen molar-refractivity contribution in [3.05, 3.63) is 89.4 Å². The van der Waals surface area contributed by atoms with Crippen LogP contribution in [0.3, 0.4) is 0 Å². The van der Waals surface area contributed by atoms with Crippen LogP contribution >= 0.6 is 0 Å². The number of nitrogens with one attached hydrogen (secondary N) is 1. The van der Waals surface area contributed by atoms with Gasteiger partial charge in [0, 0.05) is 12.0 Å². The lowest BCUT2D eigenvalue weighted by Gasteiger charge is -2.23. The van der Waals surface area contributed by atoms with Gasteiger partial charge < -0.3 is 4.42 Å². The highest BCUT2D eigenvalue weighted by Gasteiger charge is 2.36. The van der Waals surface area contributed by atoms with Gasteiger partial charge in [0.1, 0.15) is 0 Å².